The second kappa shape index (κ2) is 27.6. The first kappa shape index (κ1) is 37.1. The van der Waals surface area contributed by atoms with Gasteiger partial charge in [-0.3, -0.25) is 14.4 Å². The van der Waals surface area contributed by atoms with E-state index in [9.17, 15) is 19.2 Å². The number of imide groups is 1. The van der Waals surface area contributed by atoms with Gasteiger partial charge in [-0.05, 0) is 12.8 Å². The van der Waals surface area contributed by atoms with Gasteiger partial charge in [0.1, 0.15) is 0 Å². The molecule has 0 aliphatic carbocycles. The lowest BCUT2D eigenvalue weighted by atomic mass is 10.1. The van der Waals surface area contributed by atoms with Gasteiger partial charge in [0.05, 0.1) is 0 Å². The zero-order valence-corrected chi connectivity index (χ0v) is 25.3. The van der Waals surface area contributed by atoms with Gasteiger partial charge >= 0.3 is 11.9 Å². The van der Waals surface area contributed by atoms with E-state index in [1.807, 2.05) is 0 Å². The fourth-order valence-corrected chi connectivity index (χ4v) is 4.68. The van der Waals surface area contributed by atoms with Crippen LogP contribution in [0.15, 0.2) is 0 Å². The maximum atomic E-state index is 11.6. The van der Waals surface area contributed by atoms with Crippen LogP contribution in [0.2, 0.25) is 0 Å². The van der Waals surface area contributed by atoms with Crippen LogP contribution in [-0.2, 0) is 24.0 Å². The number of carboxylic acid groups (broad SMARTS) is 1. The van der Waals surface area contributed by atoms with Crippen molar-refractivity contribution in [3.63, 3.8) is 0 Å². The summed E-state index contributed by atoms with van der Waals surface area (Å²) < 4.78 is 0. The van der Waals surface area contributed by atoms with E-state index < -0.39 is 23.8 Å². The summed E-state index contributed by atoms with van der Waals surface area (Å²) in [5, 5.41) is 9.08. The Kier molecular flexibility index (Phi) is 26.3. The number of carbonyl (C=O) groups excluding carboxylic acids is 3. The van der Waals surface area contributed by atoms with Crippen molar-refractivity contribution in [2.45, 2.75) is 181 Å². The van der Waals surface area contributed by atoms with Crippen molar-refractivity contribution in [2.75, 3.05) is 0 Å². The summed E-state index contributed by atoms with van der Waals surface area (Å²) in [5.41, 5.74) is 0. The van der Waals surface area contributed by atoms with Crippen molar-refractivity contribution in [3.8, 4) is 0 Å². The van der Waals surface area contributed by atoms with Crippen LogP contribution in [0.5, 0.6) is 0 Å². The molecule has 228 valence electrons. The summed E-state index contributed by atoms with van der Waals surface area (Å²) in [6, 6.07) is 0. The van der Waals surface area contributed by atoms with Crippen LogP contribution in [0.25, 0.3) is 0 Å². The van der Waals surface area contributed by atoms with Crippen molar-refractivity contribution >= 4 is 23.8 Å². The number of aliphatic carboxylic acids is 1. The third-order valence-corrected chi connectivity index (χ3v) is 7.18. The molecule has 0 aromatic rings. The van der Waals surface area contributed by atoms with Gasteiger partial charge in [0.2, 0.25) is 0 Å². The first-order valence-electron chi connectivity index (χ1n) is 16.2. The molecule has 1 aliphatic rings. The number of carbonyl (C=O) groups is 4. The Morgan fingerprint density at radius 1 is 0.564 bits per heavy atom. The third kappa shape index (κ3) is 24.8. The summed E-state index contributed by atoms with van der Waals surface area (Å²) in [5.74, 6) is -1.97. The SMILES string of the molecule is CCCCCCCCCCCCCC(=O)O.CCCCCCCCCCCCCC(=O)ON1C(=O)CCC1=O. The number of amides is 2. The molecule has 0 unspecified atom stereocenters. The highest BCUT2D eigenvalue weighted by Crippen LogP contribution is 2.15. The number of hydroxylamine groups is 2. The zero-order chi connectivity index (χ0) is 29.0. The largest absolute Gasteiger partial charge is 0.481 e. The second-order valence-corrected chi connectivity index (χ2v) is 11.0. The van der Waals surface area contributed by atoms with Gasteiger partial charge in [0.25, 0.3) is 11.8 Å². The quantitative estimate of drug-likeness (QED) is 0.0893. The number of carboxylic acids is 1. The summed E-state index contributed by atoms with van der Waals surface area (Å²) in [6.45, 7) is 4.48. The molecule has 1 aliphatic heterocycles. The van der Waals surface area contributed by atoms with Gasteiger partial charge in [-0.25, -0.2) is 4.79 Å². The average molecular weight is 554 g/mol. The van der Waals surface area contributed by atoms with Crippen LogP contribution in [0.4, 0.5) is 0 Å². The Bertz CT molecular complexity index is 620. The molecule has 2 amide bonds. The van der Waals surface area contributed by atoms with Crippen LogP contribution >= 0.6 is 0 Å². The lowest BCUT2D eigenvalue weighted by Crippen LogP contribution is -2.31. The van der Waals surface area contributed by atoms with Gasteiger partial charge in [0.15, 0.2) is 0 Å². The van der Waals surface area contributed by atoms with Gasteiger partial charge < -0.3 is 9.94 Å². The number of rotatable bonds is 25. The fourth-order valence-electron chi connectivity index (χ4n) is 4.68. The van der Waals surface area contributed by atoms with Crippen molar-refractivity contribution in [3.05, 3.63) is 0 Å². The molecule has 1 N–H and O–H groups in total. The molecule has 0 aromatic carbocycles. The molecule has 0 bridgehead atoms. The second-order valence-electron chi connectivity index (χ2n) is 11.0. The highest BCUT2D eigenvalue weighted by molar-refractivity contribution is 6.01. The highest BCUT2D eigenvalue weighted by atomic mass is 16.7. The van der Waals surface area contributed by atoms with Crippen molar-refractivity contribution in [2.24, 2.45) is 0 Å². The first-order valence-corrected chi connectivity index (χ1v) is 16.2. The summed E-state index contributed by atoms with van der Waals surface area (Å²) in [4.78, 5) is 49.3. The van der Waals surface area contributed by atoms with E-state index in [1.54, 1.807) is 0 Å². The molecular formula is C32H59NO6. The van der Waals surface area contributed by atoms with Crippen LogP contribution in [0.3, 0.4) is 0 Å². The lowest BCUT2D eigenvalue weighted by molar-refractivity contribution is -0.197. The van der Waals surface area contributed by atoms with Gasteiger partial charge in [-0.1, -0.05) is 142 Å². The Hall–Kier alpha value is -1.92. The Morgan fingerprint density at radius 2 is 0.872 bits per heavy atom. The predicted octanol–water partition coefficient (Wildman–Crippen LogP) is 9.07. The topological polar surface area (TPSA) is 101 Å². The molecule has 7 nitrogen and oxygen atoms in total. The predicted molar refractivity (Wildman–Crippen MR) is 157 cm³/mol. The zero-order valence-electron chi connectivity index (χ0n) is 25.3. The summed E-state index contributed by atoms with van der Waals surface area (Å²) in [7, 11) is 0. The standard InChI is InChI=1S/C18H31NO4.C14H28O2/c1-2-3-4-5-6-7-8-9-10-11-12-13-18(22)23-19-16(20)14-15-17(19)21;1-2-3-4-5-6-7-8-9-10-11-12-13-14(15)16/h2-15H2,1H3;2-13H2,1H3,(H,15,16). The molecule has 0 spiro atoms. The molecule has 39 heavy (non-hydrogen) atoms. The molecule has 0 radical (unpaired) electrons. The van der Waals surface area contributed by atoms with Crippen LogP contribution < -0.4 is 0 Å². The van der Waals surface area contributed by atoms with Crippen molar-refractivity contribution in [1.29, 1.82) is 0 Å². The van der Waals surface area contributed by atoms with Crippen LogP contribution in [0, 0.1) is 0 Å². The van der Waals surface area contributed by atoms with E-state index >= 15 is 0 Å². The van der Waals surface area contributed by atoms with E-state index in [4.69, 9.17) is 9.94 Å². The smallest absolute Gasteiger partial charge is 0.333 e. The van der Waals surface area contributed by atoms with Crippen LogP contribution in [0.1, 0.15) is 181 Å². The minimum absolute atomic E-state index is 0.143. The summed E-state index contributed by atoms with van der Waals surface area (Å²) >= 11 is 0. The molecule has 1 fully saturated rings. The fraction of sp³-hybridized carbons (Fsp3) is 0.875. The summed E-state index contributed by atoms with van der Waals surface area (Å²) in [6.07, 6.45) is 28.3. The maximum absolute atomic E-state index is 11.6. The Labute approximate surface area is 238 Å². The first-order chi connectivity index (χ1) is 18.9. The maximum Gasteiger partial charge on any atom is 0.333 e. The average Bonchev–Trinajstić information content (AvgIpc) is 3.22. The minimum atomic E-state index is -0.657. The van der Waals surface area contributed by atoms with E-state index in [2.05, 4.69) is 13.8 Å². The molecule has 0 aromatic heterocycles. The Morgan fingerprint density at radius 3 is 1.21 bits per heavy atom. The van der Waals surface area contributed by atoms with Gasteiger partial charge in [0, 0.05) is 25.7 Å². The molecular weight excluding hydrogens is 494 g/mol. The molecule has 1 heterocycles. The Balaban J connectivity index is 0.000000794. The number of hydrogen-bond acceptors (Lipinski definition) is 5. The monoisotopic (exact) mass is 553 g/mol. The van der Waals surface area contributed by atoms with E-state index in [0.29, 0.717) is 11.5 Å². The van der Waals surface area contributed by atoms with Crippen LogP contribution in [-0.4, -0.2) is 33.9 Å². The molecule has 1 rings (SSSR count). The van der Waals surface area contributed by atoms with Gasteiger partial charge in [-0.15, -0.1) is 5.06 Å². The molecule has 1 saturated heterocycles. The van der Waals surface area contributed by atoms with E-state index in [-0.39, 0.29) is 19.3 Å². The molecule has 0 saturated carbocycles. The van der Waals surface area contributed by atoms with E-state index in [0.717, 1.165) is 32.1 Å². The number of unbranched alkanes of at least 4 members (excludes halogenated alkanes) is 20. The number of nitrogens with zero attached hydrogens (tertiary/aromatic N) is 1. The van der Waals surface area contributed by atoms with Crippen molar-refractivity contribution in [1.82, 2.24) is 5.06 Å². The molecule has 7 heteroatoms. The third-order valence-electron chi connectivity index (χ3n) is 7.18. The van der Waals surface area contributed by atoms with E-state index in [1.165, 1.54) is 109 Å². The lowest BCUT2D eigenvalue weighted by Gasteiger charge is -2.12. The number of hydrogen-bond donors (Lipinski definition) is 1. The normalized spacial score (nSPS) is 12.9. The van der Waals surface area contributed by atoms with Gasteiger partial charge in [-0.2, -0.15) is 0 Å². The minimum Gasteiger partial charge on any atom is -0.481 e. The molecule has 0 atom stereocenters. The van der Waals surface area contributed by atoms with Crippen molar-refractivity contribution < 1.29 is 29.1 Å². The highest BCUT2D eigenvalue weighted by Gasteiger charge is 2.32.